The zero-order valence-electron chi connectivity index (χ0n) is 20.7. The Morgan fingerprint density at radius 1 is 1.11 bits per heavy atom. The third-order valence-electron chi connectivity index (χ3n) is 6.35. The van der Waals surface area contributed by atoms with Gasteiger partial charge in [0.15, 0.2) is 15.7 Å². The number of aromatic nitrogens is 5. The quantitative estimate of drug-likeness (QED) is 0.254. The Balaban J connectivity index is 1.41. The maximum Gasteiger partial charge on any atom is 0.256 e. The van der Waals surface area contributed by atoms with Crippen LogP contribution in [0.1, 0.15) is 44.3 Å². The molecule has 2 amide bonds. The van der Waals surface area contributed by atoms with Crippen LogP contribution < -0.4 is 10.6 Å². The average Bonchev–Trinajstić information content (AvgIpc) is 3.58. The molecule has 3 heterocycles. The first-order valence-electron chi connectivity index (χ1n) is 11.9. The van der Waals surface area contributed by atoms with Crippen LogP contribution in [0.25, 0.3) is 11.6 Å². The lowest BCUT2D eigenvalue weighted by Crippen LogP contribution is -2.26. The fraction of sp³-hybridized carbons (Fsp3) is 0.192. The summed E-state index contributed by atoms with van der Waals surface area (Å²) < 4.78 is 26.2. The molecule has 5 rings (SSSR count). The van der Waals surface area contributed by atoms with Gasteiger partial charge in [-0.2, -0.15) is 5.21 Å². The number of sulfone groups is 1. The average molecular weight is 532 g/mol. The summed E-state index contributed by atoms with van der Waals surface area (Å²) in [4.78, 5) is 29.0. The third kappa shape index (κ3) is 4.98. The molecule has 4 aromatic rings. The first kappa shape index (κ1) is 25.1. The minimum Gasteiger partial charge on any atom is -0.358 e. The first-order valence-corrected chi connectivity index (χ1v) is 13.5. The summed E-state index contributed by atoms with van der Waals surface area (Å²) in [5, 5.41) is 19.2. The molecule has 0 fully saturated rings. The number of amides is 2. The maximum absolute atomic E-state index is 13.1. The summed E-state index contributed by atoms with van der Waals surface area (Å²) >= 11 is 0. The highest BCUT2D eigenvalue weighted by Gasteiger charge is 2.28. The molecule has 12 heteroatoms. The largest absolute Gasteiger partial charge is 0.358 e. The van der Waals surface area contributed by atoms with Crippen LogP contribution in [0.5, 0.6) is 0 Å². The third-order valence-corrected chi connectivity index (χ3v) is 8.03. The van der Waals surface area contributed by atoms with E-state index in [9.17, 15) is 18.0 Å². The Bertz CT molecular complexity index is 1660. The zero-order valence-corrected chi connectivity index (χ0v) is 21.5. The minimum absolute atomic E-state index is 0.128. The topological polar surface area (TPSA) is 163 Å². The second-order valence-electron chi connectivity index (χ2n) is 8.96. The van der Waals surface area contributed by atoms with E-state index in [0.29, 0.717) is 63.7 Å². The summed E-state index contributed by atoms with van der Waals surface area (Å²) in [5.74, 6) is -0.271. The maximum atomic E-state index is 13.1. The molecule has 0 bridgehead atoms. The van der Waals surface area contributed by atoms with Crippen LogP contribution in [-0.2, 0) is 26.8 Å². The summed E-state index contributed by atoms with van der Waals surface area (Å²) in [6.07, 6.45) is 2.07. The van der Waals surface area contributed by atoms with E-state index in [1.807, 2.05) is 6.07 Å². The standard InChI is InChI=1S/C26H25N7O4S/c1-15-22(28-16(2)24(15)26(35)27-11-10-23-30-32-33-31-23)13-20-19-12-18(8-9-21(19)29-25(20)34)38(36,37)14-17-6-4-3-5-7-17/h3-9,12-13,28H,10-11,14H2,1-2H3,(H,27,35)(H,29,34)(H,30,31,32,33)/b20-13-. The molecule has 0 spiro atoms. The summed E-state index contributed by atoms with van der Waals surface area (Å²) in [6, 6.07) is 13.6. The second-order valence-corrected chi connectivity index (χ2v) is 11.0. The van der Waals surface area contributed by atoms with Crippen LogP contribution in [0.4, 0.5) is 5.69 Å². The zero-order chi connectivity index (χ0) is 26.9. The lowest BCUT2D eigenvalue weighted by atomic mass is 10.0. The molecule has 2 aromatic carbocycles. The van der Waals surface area contributed by atoms with Crippen molar-refractivity contribution in [1.29, 1.82) is 0 Å². The van der Waals surface area contributed by atoms with E-state index in [2.05, 4.69) is 36.2 Å². The van der Waals surface area contributed by atoms with E-state index < -0.39 is 9.84 Å². The summed E-state index contributed by atoms with van der Waals surface area (Å²) in [5.41, 5.74) is 4.38. The highest BCUT2D eigenvalue weighted by atomic mass is 32.2. The van der Waals surface area contributed by atoms with Crippen molar-refractivity contribution in [3.8, 4) is 0 Å². The summed E-state index contributed by atoms with van der Waals surface area (Å²) in [7, 11) is -3.64. The summed E-state index contributed by atoms with van der Waals surface area (Å²) in [6.45, 7) is 3.90. The van der Waals surface area contributed by atoms with Crippen LogP contribution in [0.2, 0.25) is 0 Å². The number of hydrogen-bond acceptors (Lipinski definition) is 7. The molecule has 4 N–H and O–H groups in total. The van der Waals surface area contributed by atoms with Gasteiger partial charge in [-0.05, 0) is 49.2 Å². The number of hydrogen-bond donors (Lipinski definition) is 4. The van der Waals surface area contributed by atoms with Crippen LogP contribution in [0.15, 0.2) is 53.4 Å². The van der Waals surface area contributed by atoms with Gasteiger partial charge in [-0.3, -0.25) is 9.59 Å². The minimum atomic E-state index is -3.64. The van der Waals surface area contributed by atoms with Crippen LogP contribution in [0, 0.1) is 13.8 Å². The van der Waals surface area contributed by atoms with Gasteiger partial charge >= 0.3 is 0 Å². The van der Waals surface area contributed by atoms with Crippen molar-refractivity contribution in [2.75, 3.05) is 11.9 Å². The van der Waals surface area contributed by atoms with E-state index in [4.69, 9.17) is 0 Å². The van der Waals surface area contributed by atoms with Gasteiger partial charge in [-0.15, -0.1) is 10.2 Å². The monoisotopic (exact) mass is 531 g/mol. The number of carbonyl (C=O) groups is 2. The fourth-order valence-corrected chi connectivity index (χ4v) is 5.82. The first-order chi connectivity index (χ1) is 18.2. The van der Waals surface area contributed by atoms with Gasteiger partial charge in [0.05, 0.1) is 21.8 Å². The van der Waals surface area contributed by atoms with Gasteiger partial charge in [0.2, 0.25) is 0 Å². The van der Waals surface area contributed by atoms with Gasteiger partial charge < -0.3 is 15.6 Å². The number of anilines is 1. The predicted molar refractivity (Wildman–Crippen MR) is 141 cm³/mol. The van der Waals surface area contributed by atoms with E-state index in [0.717, 1.165) is 0 Å². The van der Waals surface area contributed by atoms with E-state index in [-0.39, 0.29) is 22.5 Å². The van der Waals surface area contributed by atoms with Gasteiger partial charge in [0, 0.05) is 35.6 Å². The molecule has 0 radical (unpaired) electrons. The Morgan fingerprint density at radius 2 is 1.89 bits per heavy atom. The Hall–Kier alpha value is -4.58. The fourth-order valence-electron chi connectivity index (χ4n) is 4.45. The molecule has 194 valence electrons. The molecule has 1 aliphatic rings. The molecule has 0 saturated heterocycles. The number of nitrogens with zero attached hydrogens (tertiary/aromatic N) is 3. The van der Waals surface area contributed by atoms with Gasteiger partial charge in [0.25, 0.3) is 11.8 Å². The molecule has 0 aliphatic carbocycles. The molecular formula is C26H25N7O4S. The number of H-pyrrole nitrogens is 2. The molecule has 0 unspecified atom stereocenters. The van der Waals surface area contributed by atoms with Crippen LogP contribution >= 0.6 is 0 Å². The van der Waals surface area contributed by atoms with Crippen LogP contribution in [-0.4, -0.2) is 52.4 Å². The van der Waals surface area contributed by atoms with Gasteiger partial charge in [-0.25, -0.2) is 8.42 Å². The van der Waals surface area contributed by atoms with Crippen molar-refractivity contribution in [2.24, 2.45) is 0 Å². The Kier molecular flexibility index (Phi) is 6.64. The Morgan fingerprint density at radius 3 is 2.63 bits per heavy atom. The Labute approximate surface area is 218 Å². The van der Waals surface area contributed by atoms with Gasteiger partial charge in [-0.1, -0.05) is 35.5 Å². The number of rotatable bonds is 8. The number of benzene rings is 2. The number of carbonyl (C=O) groups excluding carboxylic acids is 2. The van der Waals surface area contributed by atoms with Crippen molar-refractivity contribution in [3.05, 3.63) is 88.0 Å². The molecule has 1 aliphatic heterocycles. The van der Waals surface area contributed by atoms with Crippen molar-refractivity contribution in [3.63, 3.8) is 0 Å². The van der Waals surface area contributed by atoms with Crippen LogP contribution in [0.3, 0.4) is 0 Å². The van der Waals surface area contributed by atoms with E-state index >= 15 is 0 Å². The van der Waals surface area contributed by atoms with E-state index in [1.165, 1.54) is 12.1 Å². The highest BCUT2D eigenvalue weighted by Crippen LogP contribution is 2.36. The number of aryl methyl sites for hydroxylation is 1. The van der Waals surface area contributed by atoms with Crippen molar-refractivity contribution >= 4 is 39.0 Å². The molecule has 38 heavy (non-hydrogen) atoms. The van der Waals surface area contributed by atoms with Gasteiger partial charge in [0.1, 0.15) is 0 Å². The second kappa shape index (κ2) is 10.1. The number of tetrazole rings is 1. The normalized spacial score (nSPS) is 13.9. The van der Waals surface area contributed by atoms with Crippen molar-refractivity contribution in [2.45, 2.75) is 30.9 Å². The lowest BCUT2D eigenvalue weighted by molar-refractivity contribution is -0.110. The number of aromatic amines is 2. The molecular weight excluding hydrogens is 506 g/mol. The van der Waals surface area contributed by atoms with Crippen molar-refractivity contribution < 1.29 is 18.0 Å². The SMILES string of the molecule is Cc1[nH]c(/C=C2\C(=O)Nc3ccc(S(=O)(=O)Cc4ccccc4)cc32)c(C)c1C(=O)NCCc1nn[nH]n1. The molecule has 2 aromatic heterocycles. The smallest absolute Gasteiger partial charge is 0.256 e. The van der Waals surface area contributed by atoms with Crippen molar-refractivity contribution in [1.82, 2.24) is 30.9 Å². The highest BCUT2D eigenvalue weighted by molar-refractivity contribution is 7.90. The lowest BCUT2D eigenvalue weighted by Gasteiger charge is -2.07. The predicted octanol–water partition coefficient (Wildman–Crippen LogP) is 2.58. The molecule has 11 nitrogen and oxygen atoms in total. The number of fused-ring (bicyclic) bond motifs is 1. The van der Waals surface area contributed by atoms with E-state index in [1.54, 1.807) is 50.3 Å². The number of nitrogens with one attached hydrogen (secondary N) is 4. The molecule has 0 atom stereocenters. The molecule has 0 saturated carbocycles.